The summed E-state index contributed by atoms with van der Waals surface area (Å²) in [5.74, 6) is -0.902. The summed E-state index contributed by atoms with van der Waals surface area (Å²) >= 11 is -1.07. The summed E-state index contributed by atoms with van der Waals surface area (Å²) in [7, 11) is 0. The summed E-state index contributed by atoms with van der Waals surface area (Å²) < 4.78 is 41.0. The van der Waals surface area contributed by atoms with Gasteiger partial charge in [-0.05, 0) is 18.2 Å². The number of aryl methyl sites for hydroxylation is 1. The largest absolute Gasteiger partial charge is 0.772 e. The average Bonchev–Trinajstić information content (AvgIpc) is 3.24. The van der Waals surface area contributed by atoms with Gasteiger partial charge in [-0.15, -0.1) is 10.2 Å². The number of halogens is 1. The van der Waals surface area contributed by atoms with Crippen molar-refractivity contribution in [1.29, 1.82) is 0 Å². The number of carbonyl (C=O) groups excluding carboxylic acids is 2. The van der Waals surface area contributed by atoms with Crippen LogP contribution in [0.1, 0.15) is 11.9 Å². The minimum absolute atomic E-state index is 0.0766. The van der Waals surface area contributed by atoms with Crippen molar-refractivity contribution in [2.45, 2.75) is 19.4 Å². The molecule has 1 aliphatic rings. The molecule has 0 aliphatic carbocycles. The van der Waals surface area contributed by atoms with Gasteiger partial charge in [0.2, 0.25) is 5.91 Å². The van der Waals surface area contributed by atoms with Gasteiger partial charge < -0.3 is 14.6 Å². The molecule has 2 unspecified atom stereocenters. The van der Waals surface area contributed by atoms with E-state index in [4.69, 9.17) is 4.74 Å². The second kappa shape index (κ2) is 8.71. The van der Waals surface area contributed by atoms with Crippen LogP contribution in [0.3, 0.4) is 0 Å². The highest BCUT2D eigenvalue weighted by Crippen LogP contribution is 2.30. The first-order valence-corrected chi connectivity index (χ1v) is 10.3. The van der Waals surface area contributed by atoms with Crippen LogP contribution in [0.2, 0.25) is 0 Å². The van der Waals surface area contributed by atoms with E-state index in [1.165, 1.54) is 24.0 Å². The molecule has 2 aromatic rings. The Hall–Kier alpha value is -2.44. The molecule has 12 heteroatoms. The molecule has 2 amide bonds. The fraction of sp³-hybridized carbons (Fsp3) is 0.375. The number of rotatable bonds is 7. The Morgan fingerprint density at radius 2 is 2.29 bits per heavy atom. The summed E-state index contributed by atoms with van der Waals surface area (Å²) in [6.07, 6.45) is -0.925. The summed E-state index contributed by atoms with van der Waals surface area (Å²) in [5.41, 5.74) is 0.529. The minimum Gasteiger partial charge on any atom is -0.772 e. The van der Waals surface area contributed by atoms with Crippen LogP contribution in [0.5, 0.6) is 0 Å². The van der Waals surface area contributed by atoms with E-state index in [9.17, 15) is 22.7 Å². The van der Waals surface area contributed by atoms with Gasteiger partial charge in [-0.2, -0.15) is 0 Å². The van der Waals surface area contributed by atoms with E-state index in [2.05, 4.69) is 15.5 Å². The van der Waals surface area contributed by atoms with E-state index < -0.39 is 29.1 Å². The van der Waals surface area contributed by atoms with Crippen molar-refractivity contribution in [2.75, 3.05) is 23.7 Å². The Bertz CT molecular complexity index is 922. The van der Waals surface area contributed by atoms with Gasteiger partial charge in [0, 0.05) is 24.7 Å². The van der Waals surface area contributed by atoms with Crippen LogP contribution in [0.4, 0.5) is 14.9 Å². The Balaban J connectivity index is 1.71. The standard InChI is InChI=1S/C16H17FN4O5S2/c1-9(22)18-7-11-8-21(16(23)26-11)10-2-3-12(13(17)6-10)15-20-19-14(27-15)4-5-28(24)25/h2-3,6,11H,4-5,7-8H2,1H3,(H,18,22)(H,24,25)/p-1. The smallest absolute Gasteiger partial charge is 0.414 e. The third-order valence-electron chi connectivity index (χ3n) is 3.90. The third kappa shape index (κ3) is 4.88. The predicted octanol–water partition coefficient (Wildman–Crippen LogP) is 1.23. The first kappa shape index (κ1) is 20.3. The minimum atomic E-state index is -2.18. The molecule has 0 saturated carbocycles. The third-order valence-corrected chi connectivity index (χ3v) is 5.45. The molecule has 0 bridgehead atoms. The van der Waals surface area contributed by atoms with Crippen molar-refractivity contribution in [3.63, 3.8) is 0 Å². The molecular formula is C16H16FN4O5S2-. The van der Waals surface area contributed by atoms with Crippen LogP contribution in [0, 0.1) is 5.82 Å². The van der Waals surface area contributed by atoms with Gasteiger partial charge in [0.1, 0.15) is 16.9 Å². The second-order valence-electron chi connectivity index (χ2n) is 5.98. The van der Waals surface area contributed by atoms with Crippen molar-refractivity contribution < 1.29 is 27.5 Å². The van der Waals surface area contributed by atoms with Crippen molar-refractivity contribution in [3.05, 3.63) is 29.0 Å². The molecule has 0 spiro atoms. The van der Waals surface area contributed by atoms with Gasteiger partial charge in [0.25, 0.3) is 0 Å². The Kier molecular flexibility index (Phi) is 6.31. The number of benzene rings is 1. The summed E-state index contributed by atoms with van der Waals surface area (Å²) in [6, 6.07) is 4.24. The number of hydrogen-bond acceptors (Lipinski definition) is 8. The highest BCUT2D eigenvalue weighted by molar-refractivity contribution is 7.79. The Morgan fingerprint density at radius 1 is 1.50 bits per heavy atom. The predicted molar refractivity (Wildman–Crippen MR) is 99.1 cm³/mol. The number of aromatic nitrogens is 2. The lowest BCUT2D eigenvalue weighted by Gasteiger charge is -2.14. The number of hydrogen-bond donors (Lipinski definition) is 1. The van der Waals surface area contributed by atoms with Gasteiger partial charge in [0.05, 0.1) is 18.8 Å². The van der Waals surface area contributed by atoms with E-state index in [0.717, 1.165) is 11.3 Å². The molecule has 1 aliphatic heterocycles. The molecule has 1 aromatic carbocycles. The number of amides is 2. The van der Waals surface area contributed by atoms with Crippen LogP contribution in [-0.2, 0) is 27.0 Å². The monoisotopic (exact) mass is 427 g/mol. The lowest BCUT2D eigenvalue weighted by molar-refractivity contribution is -0.119. The quantitative estimate of drug-likeness (QED) is 0.659. The van der Waals surface area contributed by atoms with Crippen molar-refractivity contribution in [2.24, 2.45) is 0 Å². The fourth-order valence-electron chi connectivity index (χ4n) is 2.58. The van der Waals surface area contributed by atoms with Crippen LogP contribution in [-0.4, -0.2) is 55.9 Å². The topological polar surface area (TPSA) is 125 Å². The highest BCUT2D eigenvalue weighted by Gasteiger charge is 2.32. The van der Waals surface area contributed by atoms with E-state index in [0.29, 0.717) is 15.7 Å². The number of carbonyl (C=O) groups is 2. The zero-order valence-corrected chi connectivity index (χ0v) is 16.3. The number of ether oxygens (including phenoxy) is 1. The van der Waals surface area contributed by atoms with Crippen LogP contribution in [0.15, 0.2) is 18.2 Å². The highest BCUT2D eigenvalue weighted by atomic mass is 32.2. The van der Waals surface area contributed by atoms with Gasteiger partial charge in [-0.3, -0.25) is 13.9 Å². The van der Waals surface area contributed by atoms with E-state index in [1.54, 1.807) is 6.07 Å². The average molecular weight is 427 g/mol. The van der Waals surface area contributed by atoms with E-state index in [-0.39, 0.29) is 36.7 Å². The molecule has 1 saturated heterocycles. The van der Waals surface area contributed by atoms with Crippen LogP contribution >= 0.6 is 11.3 Å². The summed E-state index contributed by atoms with van der Waals surface area (Å²) in [6.45, 7) is 1.73. The number of anilines is 1. The Labute approximate surface area is 166 Å². The molecule has 2 heterocycles. The van der Waals surface area contributed by atoms with E-state index in [1.807, 2.05) is 0 Å². The van der Waals surface area contributed by atoms with Gasteiger partial charge in [-0.1, -0.05) is 22.4 Å². The maximum atomic E-state index is 14.6. The first-order chi connectivity index (χ1) is 13.3. The second-order valence-corrected chi connectivity index (χ2v) is 8.05. The number of nitrogens with one attached hydrogen (secondary N) is 1. The van der Waals surface area contributed by atoms with Crippen LogP contribution < -0.4 is 10.2 Å². The molecule has 9 nitrogen and oxygen atoms in total. The number of nitrogens with zero attached hydrogens (tertiary/aromatic N) is 3. The SMILES string of the molecule is CC(=O)NCC1CN(c2ccc(-c3nnc(CCS(=O)[O-])s3)c(F)c2)C(=O)O1. The van der Waals surface area contributed by atoms with Gasteiger partial charge in [0.15, 0.2) is 5.01 Å². The van der Waals surface area contributed by atoms with Crippen molar-refractivity contribution >= 4 is 40.1 Å². The molecule has 3 rings (SSSR count). The van der Waals surface area contributed by atoms with Crippen molar-refractivity contribution in [3.8, 4) is 10.6 Å². The van der Waals surface area contributed by atoms with E-state index >= 15 is 0 Å². The lowest BCUT2D eigenvalue weighted by atomic mass is 10.2. The normalized spacial score (nSPS) is 17.5. The van der Waals surface area contributed by atoms with Crippen LogP contribution in [0.25, 0.3) is 10.6 Å². The molecule has 2 atom stereocenters. The maximum Gasteiger partial charge on any atom is 0.414 e. The zero-order valence-electron chi connectivity index (χ0n) is 14.7. The maximum absolute atomic E-state index is 14.6. The molecular weight excluding hydrogens is 411 g/mol. The Morgan fingerprint density at radius 3 is 2.96 bits per heavy atom. The molecule has 1 N–H and O–H groups in total. The summed E-state index contributed by atoms with van der Waals surface area (Å²) in [4.78, 5) is 24.3. The molecule has 1 aromatic heterocycles. The first-order valence-electron chi connectivity index (χ1n) is 8.24. The lowest BCUT2D eigenvalue weighted by Crippen LogP contribution is -2.33. The molecule has 1 fully saturated rings. The number of cyclic esters (lactones) is 1. The fourth-order valence-corrected chi connectivity index (χ4v) is 3.93. The van der Waals surface area contributed by atoms with Crippen molar-refractivity contribution in [1.82, 2.24) is 15.5 Å². The zero-order chi connectivity index (χ0) is 20.3. The molecule has 150 valence electrons. The molecule has 28 heavy (non-hydrogen) atoms. The van der Waals surface area contributed by atoms with Gasteiger partial charge >= 0.3 is 6.09 Å². The summed E-state index contributed by atoms with van der Waals surface area (Å²) in [5, 5.41) is 11.2. The molecule has 0 radical (unpaired) electrons. The van der Waals surface area contributed by atoms with Gasteiger partial charge in [-0.25, -0.2) is 9.18 Å².